The highest BCUT2D eigenvalue weighted by Gasteiger charge is 2.19. The molecule has 1 aromatic carbocycles. The SMILES string of the molecule is CCNC(=NCc1nncn1CC)NCC(C)(C)Cc1cccc(Cl)c1.I. The number of aryl methyl sites for hydroxylation is 1. The summed E-state index contributed by atoms with van der Waals surface area (Å²) in [6.45, 7) is 11.5. The summed E-state index contributed by atoms with van der Waals surface area (Å²) in [6, 6.07) is 8.04. The molecule has 0 amide bonds. The molecule has 8 heteroatoms. The van der Waals surface area contributed by atoms with Gasteiger partial charge >= 0.3 is 0 Å². The van der Waals surface area contributed by atoms with Gasteiger partial charge in [0, 0.05) is 24.7 Å². The third kappa shape index (κ3) is 8.04. The van der Waals surface area contributed by atoms with Crippen LogP contribution >= 0.6 is 35.6 Å². The molecule has 2 N–H and O–H groups in total. The molecule has 0 saturated carbocycles. The molecule has 27 heavy (non-hydrogen) atoms. The van der Waals surface area contributed by atoms with Crippen molar-refractivity contribution in [2.24, 2.45) is 10.4 Å². The summed E-state index contributed by atoms with van der Waals surface area (Å²) >= 11 is 6.10. The Hall–Kier alpha value is -1.35. The molecule has 2 rings (SSSR count). The number of aromatic nitrogens is 3. The fourth-order valence-electron chi connectivity index (χ4n) is 2.74. The average Bonchev–Trinajstić information content (AvgIpc) is 3.04. The van der Waals surface area contributed by atoms with Gasteiger partial charge in [0.2, 0.25) is 0 Å². The zero-order chi connectivity index (χ0) is 19.0. The van der Waals surface area contributed by atoms with Crippen molar-refractivity contribution in [3.8, 4) is 0 Å². The molecule has 0 bridgehead atoms. The van der Waals surface area contributed by atoms with Gasteiger partial charge < -0.3 is 15.2 Å². The Kier molecular flexibility index (Phi) is 10.1. The standard InChI is InChI=1S/C19H29ClN6.HI/c1-5-21-18(22-12-17-25-24-14-26(17)6-2)23-13-19(3,4)11-15-8-7-9-16(20)10-15;/h7-10,14H,5-6,11-13H2,1-4H3,(H2,21,22,23);1H. The summed E-state index contributed by atoms with van der Waals surface area (Å²) in [7, 11) is 0. The van der Waals surface area contributed by atoms with E-state index in [-0.39, 0.29) is 29.4 Å². The number of benzene rings is 1. The van der Waals surface area contributed by atoms with E-state index in [1.165, 1.54) is 5.56 Å². The first-order valence-corrected chi connectivity index (χ1v) is 9.44. The molecule has 1 aromatic heterocycles. The Balaban J connectivity index is 0.00000364. The molecule has 1 heterocycles. The molecule has 0 aliphatic heterocycles. The Bertz CT molecular complexity index is 728. The van der Waals surface area contributed by atoms with Crippen molar-refractivity contribution in [1.29, 1.82) is 0 Å². The molecule has 0 unspecified atom stereocenters. The van der Waals surface area contributed by atoms with Crippen molar-refractivity contribution in [3.63, 3.8) is 0 Å². The third-order valence-corrected chi connectivity index (χ3v) is 4.30. The minimum Gasteiger partial charge on any atom is -0.357 e. The van der Waals surface area contributed by atoms with Crippen molar-refractivity contribution >= 4 is 41.5 Å². The van der Waals surface area contributed by atoms with Gasteiger partial charge in [-0.2, -0.15) is 0 Å². The fraction of sp³-hybridized carbons (Fsp3) is 0.526. The number of nitrogens with one attached hydrogen (secondary N) is 2. The zero-order valence-electron chi connectivity index (χ0n) is 16.5. The van der Waals surface area contributed by atoms with E-state index < -0.39 is 0 Å². The lowest BCUT2D eigenvalue weighted by Crippen LogP contribution is -2.42. The minimum atomic E-state index is 0. The van der Waals surface area contributed by atoms with E-state index in [1.807, 2.05) is 22.8 Å². The second-order valence-electron chi connectivity index (χ2n) is 7.05. The van der Waals surface area contributed by atoms with Crippen LogP contribution in [0, 0.1) is 5.41 Å². The predicted octanol–water partition coefficient (Wildman–Crippen LogP) is 3.89. The Morgan fingerprint density at radius 2 is 2.04 bits per heavy atom. The van der Waals surface area contributed by atoms with Crippen molar-refractivity contribution in [2.45, 2.75) is 47.2 Å². The number of hydrogen-bond acceptors (Lipinski definition) is 3. The van der Waals surface area contributed by atoms with E-state index in [4.69, 9.17) is 11.6 Å². The minimum absolute atomic E-state index is 0. The topological polar surface area (TPSA) is 67.1 Å². The van der Waals surface area contributed by atoms with Gasteiger partial charge in [0.25, 0.3) is 0 Å². The maximum atomic E-state index is 6.10. The molecule has 0 radical (unpaired) electrons. The van der Waals surface area contributed by atoms with Crippen LogP contribution in [0.1, 0.15) is 39.1 Å². The average molecular weight is 505 g/mol. The zero-order valence-corrected chi connectivity index (χ0v) is 19.6. The first kappa shape index (κ1) is 23.7. The van der Waals surface area contributed by atoms with Gasteiger partial charge in [0.05, 0.1) is 0 Å². The van der Waals surface area contributed by atoms with E-state index in [9.17, 15) is 0 Å². The Morgan fingerprint density at radius 1 is 1.26 bits per heavy atom. The highest BCUT2D eigenvalue weighted by atomic mass is 127. The van der Waals surface area contributed by atoms with Gasteiger partial charge in [-0.05, 0) is 43.4 Å². The van der Waals surface area contributed by atoms with Gasteiger partial charge in [-0.3, -0.25) is 0 Å². The van der Waals surface area contributed by atoms with Crippen LogP contribution in [0.15, 0.2) is 35.6 Å². The second-order valence-corrected chi connectivity index (χ2v) is 7.49. The van der Waals surface area contributed by atoms with Gasteiger partial charge in [-0.25, -0.2) is 4.99 Å². The number of hydrogen-bond donors (Lipinski definition) is 2. The molecule has 2 aromatic rings. The molecule has 0 aliphatic rings. The van der Waals surface area contributed by atoms with Crippen LogP contribution in [0.3, 0.4) is 0 Å². The van der Waals surface area contributed by atoms with Crippen LogP contribution in [0.25, 0.3) is 0 Å². The van der Waals surface area contributed by atoms with E-state index in [0.29, 0.717) is 6.54 Å². The second kappa shape index (κ2) is 11.5. The van der Waals surface area contributed by atoms with Crippen LogP contribution in [0.4, 0.5) is 0 Å². The molecule has 0 aliphatic carbocycles. The Morgan fingerprint density at radius 3 is 2.70 bits per heavy atom. The summed E-state index contributed by atoms with van der Waals surface area (Å²) in [6.07, 6.45) is 2.67. The van der Waals surface area contributed by atoms with E-state index in [2.05, 4.69) is 59.6 Å². The number of halogens is 2. The van der Waals surface area contributed by atoms with Crippen LogP contribution in [0.2, 0.25) is 5.02 Å². The van der Waals surface area contributed by atoms with E-state index in [1.54, 1.807) is 6.33 Å². The number of guanidine groups is 1. The molecule has 0 atom stereocenters. The summed E-state index contributed by atoms with van der Waals surface area (Å²) in [5, 5.41) is 15.6. The molecule has 6 nitrogen and oxygen atoms in total. The summed E-state index contributed by atoms with van der Waals surface area (Å²) in [5.41, 5.74) is 1.30. The molecule has 0 spiro atoms. The fourth-order valence-corrected chi connectivity index (χ4v) is 2.95. The van der Waals surface area contributed by atoms with Crippen molar-refractivity contribution in [2.75, 3.05) is 13.1 Å². The highest BCUT2D eigenvalue weighted by molar-refractivity contribution is 14.0. The van der Waals surface area contributed by atoms with Crippen LogP contribution in [0.5, 0.6) is 0 Å². The van der Waals surface area contributed by atoms with Crippen molar-refractivity contribution < 1.29 is 0 Å². The summed E-state index contributed by atoms with van der Waals surface area (Å²) in [4.78, 5) is 4.64. The van der Waals surface area contributed by atoms with Gasteiger partial charge in [-0.1, -0.05) is 37.6 Å². The number of rotatable bonds is 8. The predicted molar refractivity (Wildman–Crippen MR) is 123 cm³/mol. The first-order valence-electron chi connectivity index (χ1n) is 9.07. The summed E-state index contributed by atoms with van der Waals surface area (Å²) in [5.74, 6) is 1.65. The maximum absolute atomic E-state index is 6.10. The van der Waals surface area contributed by atoms with Gasteiger partial charge in [-0.15, -0.1) is 34.2 Å². The molecular formula is C19H30ClIN6. The quantitative estimate of drug-likeness (QED) is 0.325. The van der Waals surface area contributed by atoms with E-state index in [0.717, 1.165) is 42.9 Å². The lowest BCUT2D eigenvalue weighted by atomic mass is 9.86. The lowest BCUT2D eigenvalue weighted by Gasteiger charge is -2.26. The van der Waals surface area contributed by atoms with Crippen LogP contribution in [-0.4, -0.2) is 33.8 Å². The first-order chi connectivity index (χ1) is 12.4. The number of nitrogens with zero attached hydrogens (tertiary/aromatic N) is 4. The van der Waals surface area contributed by atoms with E-state index >= 15 is 0 Å². The third-order valence-electron chi connectivity index (χ3n) is 4.07. The van der Waals surface area contributed by atoms with Crippen LogP contribution in [-0.2, 0) is 19.5 Å². The Labute approximate surface area is 184 Å². The monoisotopic (exact) mass is 504 g/mol. The van der Waals surface area contributed by atoms with Gasteiger partial charge in [0.15, 0.2) is 11.8 Å². The van der Waals surface area contributed by atoms with Crippen LogP contribution < -0.4 is 10.6 Å². The molecule has 0 fully saturated rings. The largest absolute Gasteiger partial charge is 0.357 e. The van der Waals surface area contributed by atoms with Crippen molar-refractivity contribution in [3.05, 3.63) is 47.0 Å². The molecular weight excluding hydrogens is 475 g/mol. The molecule has 0 saturated heterocycles. The smallest absolute Gasteiger partial charge is 0.191 e. The summed E-state index contributed by atoms with van der Waals surface area (Å²) < 4.78 is 2.00. The van der Waals surface area contributed by atoms with Gasteiger partial charge in [0.1, 0.15) is 12.9 Å². The number of aliphatic imine (C=N–C) groups is 1. The lowest BCUT2D eigenvalue weighted by molar-refractivity contribution is 0.359. The maximum Gasteiger partial charge on any atom is 0.191 e. The highest BCUT2D eigenvalue weighted by Crippen LogP contribution is 2.22. The normalized spacial score (nSPS) is 11.8. The molecule has 150 valence electrons. The van der Waals surface area contributed by atoms with Crippen molar-refractivity contribution in [1.82, 2.24) is 25.4 Å².